The highest BCUT2D eigenvalue weighted by atomic mass is 15.2. The third-order valence-corrected chi connectivity index (χ3v) is 4.71. The number of nitrogens with one attached hydrogen (secondary N) is 1. The van der Waals surface area contributed by atoms with Gasteiger partial charge in [-0.1, -0.05) is 12.8 Å². The van der Waals surface area contributed by atoms with Gasteiger partial charge in [0.1, 0.15) is 0 Å². The summed E-state index contributed by atoms with van der Waals surface area (Å²) in [5.74, 6) is 0. The highest BCUT2D eigenvalue weighted by Gasteiger charge is 2.19. The van der Waals surface area contributed by atoms with Crippen molar-refractivity contribution < 1.29 is 0 Å². The molecule has 0 aromatic heterocycles. The second kappa shape index (κ2) is 7.46. The number of piperidine rings is 1. The van der Waals surface area contributed by atoms with Crippen LogP contribution in [0.3, 0.4) is 0 Å². The summed E-state index contributed by atoms with van der Waals surface area (Å²) in [4.78, 5) is 2.66. The van der Waals surface area contributed by atoms with Crippen LogP contribution in [-0.4, -0.2) is 42.7 Å². The molecule has 0 aromatic rings. The highest BCUT2D eigenvalue weighted by Crippen LogP contribution is 2.18. The SMILES string of the molecule is CC1CCCCN1CCCNC1CCCC(N)C1. The van der Waals surface area contributed by atoms with Gasteiger partial charge in [-0.25, -0.2) is 0 Å². The first kappa shape index (κ1) is 14.3. The molecule has 0 radical (unpaired) electrons. The lowest BCUT2D eigenvalue weighted by Crippen LogP contribution is -2.42. The van der Waals surface area contributed by atoms with Gasteiger partial charge in [0.15, 0.2) is 0 Å². The number of rotatable bonds is 5. The molecule has 0 spiro atoms. The Morgan fingerprint density at radius 2 is 2.06 bits per heavy atom. The molecule has 2 fully saturated rings. The Hall–Kier alpha value is -0.120. The predicted molar refractivity (Wildman–Crippen MR) is 77.7 cm³/mol. The molecule has 1 aliphatic heterocycles. The normalized spacial score (nSPS) is 34.7. The van der Waals surface area contributed by atoms with Crippen LogP contribution in [0.25, 0.3) is 0 Å². The molecule has 18 heavy (non-hydrogen) atoms. The monoisotopic (exact) mass is 253 g/mol. The fraction of sp³-hybridized carbons (Fsp3) is 1.00. The minimum Gasteiger partial charge on any atom is -0.328 e. The summed E-state index contributed by atoms with van der Waals surface area (Å²) in [7, 11) is 0. The Morgan fingerprint density at radius 3 is 2.83 bits per heavy atom. The summed E-state index contributed by atoms with van der Waals surface area (Å²) in [6.45, 7) is 6.13. The Balaban J connectivity index is 1.55. The van der Waals surface area contributed by atoms with Crippen molar-refractivity contribution in [2.45, 2.75) is 76.4 Å². The first-order chi connectivity index (χ1) is 8.75. The summed E-state index contributed by atoms with van der Waals surface area (Å²) in [6, 6.07) is 1.94. The maximum Gasteiger partial charge on any atom is 0.00818 e. The lowest BCUT2D eigenvalue weighted by molar-refractivity contribution is 0.158. The molecule has 0 bridgehead atoms. The number of nitrogens with two attached hydrogens (primary N) is 1. The topological polar surface area (TPSA) is 41.3 Å². The lowest BCUT2D eigenvalue weighted by atomic mass is 9.91. The van der Waals surface area contributed by atoms with Gasteiger partial charge in [-0.05, 0) is 65.1 Å². The van der Waals surface area contributed by atoms with E-state index in [2.05, 4.69) is 17.1 Å². The second-order valence-electron chi connectivity index (χ2n) is 6.31. The van der Waals surface area contributed by atoms with Gasteiger partial charge in [-0.2, -0.15) is 0 Å². The van der Waals surface area contributed by atoms with Gasteiger partial charge in [0, 0.05) is 18.1 Å². The quantitative estimate of drug-likeness (QED) is 0.737. The van der Waals surface area contributed by atoms with Crippen LogP contribution in [0.15, 0.2) is 0 Å². The molecule has 1 heterocycles. The largest absolute Gasteiger partial charge is 0.328 e. The average Bonchev–Trinajstić information content (AvgIpc) is 2.37. The van der Waals surface area contributed by atoms with Crippen LogP contribution >= 0.6 is 0 Å². The summed E-state index contributed by atoms with van der Waals surface area (Å²) < 4.78 is 0. The van der Waals surface area contributed by atoms with Crippen LogP contribution < -0.4 is 11.1 Å². The molecule has 0 amide bonds. The van der Waals surface area contributed by atoms with Crippen molar-refractivity contribution in [1.29, 1.82) is 0 Å². The van der Waals surface area contributed by atoms with Crippen LogP contribution in [0, 0.1) is 0 Å². The fourth-order valence-corrected chi connectivity index (χ4v) is 3.49. The molecule has 2 aliphatic rings. The molecule has 2 rings (SSSR count). The molecule has 3 nitrogen and oxygen atoms in total. The molecule has 3 atom stereocenters. The van der Waals surface area contributed by atoms with Crippen LogP contribution in [0.4, 0.5) is 0 Å². The van der Waals surface area contributed by atoms with Gasteiger partial charge < -0.3 is 16.0 Å². The molecule has 1 saturated carbocycles. The molecule has 3 unspecified atom stereocenters. The smallest absolute Gasteiger partial charge is 0.00818 e. The van der Waals surface area contributed by atoms with E-state index in [-0.39, 0.29) is 0 Å². The van der Waals surface area contributed by atoms with Crippen LogP contribution in [0.5, 0.6) is 0 Å². The van der Waals surface area contributed by atoms with E-state index in [9.17, 15) is 0 Å². The molecule has 3 heteroatoms. The first-order valence-corrected chi connectivity index (χ1v) is 7.98. The summed E-state index contributed by atoms with van der Waals surface area (Å²) in [5.41, 5.74) is 6.02. The van der Waals surface area contributed by atoms with E-state index in [1.807, 2.05) is 0 Å². The van der Waals surface area contributed by atoms with Crippen molar-refractivity contribution in [3.05, 3.63) is 0 Å². The average molecular weight is 253 g/mol. The summed E-state index contributed by atoms with van der Waals surface area (Å²) >= 11 is 0. The zero-order valence-electron chi connectivity index (χ0n) is 12.0. The van der Waals surface area contributed by atoms with E-state index in [1.165, 1.54) is 71.0 Å². The van der Waals surface area contributed by atoms with Crippen LogP contribution in [0.1, 0.15) is 58.3 Å². The van der Waals surface area contributed by atoms with Gasteiger partial charge in [-0.3, -0.25) is 0 Å². The first-order valence-electron chi connectivity index (χ1n) is 7.98. The van der Waals surface area contributed by atoms with Crippen LogP contribution in [-0.2, 0) is 0 Å². The maximum absolute atomic E-state index is 6.02. The number of hydrogen-bond acceptors (Lipinski definition) is 3. The zero-order valence-corrected chi connectivity index (χ0v) is 12.0. The van der Waals surface area contributed by atoms with E-state index in [0.717, 1.165) is 6.04 Å². The highest BCUT2D eigenvalue weighted by molar-refractivity contribution is 4.80. The van der Waals surface area contributed by atoms with Crippen molar-refractivity contribution in [3.63, 3.8) is 0 Å². The fourth-order valence-electron chi connectivity index (χ4n) is 3.49. The van der Waals surface area contributed by atoms with E-state index in [0.29, 0.717) is 12.1 Å². The number of nitrogens with zero attached hydrogens (tertiary/aromatic N) is 1. The molecule has 106 valence electrons. The Labute approximate surface area is 112 Å². The van der Waals surface area contributed by atoms with Gasteiger partial charge in [0.05, 0.1) is 0 Å². The number of likely N-dealkylation sites (tertiary alicyclic amines) is 1. The van der Waals surface area contributed by atoms with Crippen LogP contribution in [0.2, 0.25) is 0 Å². The Bertz CT molecular complexity index is 232. The van der Waals surface area contributed by atoms with Crippen molar-refractivity contribution in [1.82, 2.24) is 10.2 Å². The van der Waals surface area contributed by atoms with E-state index < -0.39 is 0 Å². The predicted octanol–water partition coefficient (Wildman–Crippen LogP) is 2.11. The van der Waals surface area contributed by atoms with E-state index in [4.69, 9.17) is 5.73 Å². The zero-order chi connectivity index (χ0) is 12.8. The van der Waals surface area contributed by atoms with Crippen molar-refractivity contribution >= 4 is 0 Å². The molecule has 1 aliphatic carbocycles. The Kier molecular flexibility index (Phi) is 5.93. The van der Waals surface area contributed by atoms with Gasteiger partial charge >= 0.3 is 0 Å². The minimum atomic E-state index is 0.443. The molecule has 0 aromatic carbocycles. The van der Waals surface area contributed by atoms with Crippen molar-refractivity contribution in [3.8, 4) is 0 Å². The van der Waals surface area contributed by atoms with E-state index >= 15 is 0 Å². The van der Waals surface area contributed by atoms with Gasteiger partial charge in [0.25, 0.3) is 0 Å². The molecule has 3 N–H and O–H groups in total. The molecular weight excluding hydrogens is 222 g/mol. The summed E-state index contributed by atoms with van der Waals surface area (Å²) in [6.07, 6.45) is 10.5. The second-order valence-corrected chi connectivity index (χ2v) is 6.31. The Morgan fingerprint density at radius 1 is 1.17 bits per heavy atom. The summed E-state index contributed by atoms with van der Waals surface area (Å²) in [5, 5.41) is 3.70. The minimum absolute atomic E-state index is 0.443. The maximum atomic E-state index is 6.02. The number of hydrogen-bond donors (Lipinski definition) is 2. The molecular formula is C15H31N3. The standard InChI is InChI=1S/C15H31N3/c1-13-6-2-3-10-18(13)11-5-9-17-15-8-4-7-14(16)12-15/h13-15,17H,2-12,16H2,1H3. The van der Waals surface area contributed by atoms with Gasteiger partial charge in [-0.15, -0.1) is 0 Å². The third-order valence-electron chi connectivity index (χ3n) is 4.71. The van der Waals surface area contributed by atoms with Crippen molar-refractivity contribution in [2.75, 3.05) is 19.6 Å². The van der Waals surface area contributed by atoms with Crippen molar-refractivity contribution in [2.24, 2.45) is 5.73 Å². The van der Waals surface area contributed by atoms with Gasteiger partial charge in [0.2, 0.25) is 0 Å². The van der Waals surface area contributed by atoms with E-state index in [1.54, 1.807) is 0 Å². The third kappa shape index (κ3) is 4.52. The lowest BCUT2D eigenvalue weighted by Gasteiger charge is -2.33. The molecule has 1 saturated heterocycles.